The molecule has 1 aliphatic heterocycles. The van der Waals surface area contributed by atoms with Gasteiger partial charge in [0.05, 0.1) is 6.07 Å². The van der Waals surface area contributed by atoms with Crippen LogP contribution in [0.25, 0.3) is 0 Å². The van der Waals surface area contributed by atoms with E-state index in [1.54, 1.807) is 4.90 Å². The minimum absolute atomic E-state index is 0.0594. The second-order valence-electron chi connectivity index (χ2n) is 6.56. The lowest BCUT2D eigenvalue weighted by molar-refractivity contribution is -0.0758. The molecule has 0 radical (unpaired) electrons. The lowest BCUT2D eigenvalue weighted by Crippen LogP contribution is -2.66. The third-order valence-electron chi connectivity index (χ3n) is 3.98. The summed E-state index contributed by atoms with van der Waals surface area (Å²) in [6.45, 7) is 6.24. The molecule has 0 aromatic heterocycles. The average molecular weight is 250 g/mol. The van der Waals surface area contributed by atoms with Gasteiger partial charge in [0.15, 0.2) is 0 Å². The smallest absolute Gasteiger partial charge is 0.411 e. The van der Waals surface area contributed by atoms with E-state index in [0.717, 1.165) is 12.8 Å². The number of hydrogen-bond donors (Lipinski definition) is 0. The van der Waals surface area contributed by atoms with Gasteiger partial charge in [-0.1, -0.05) is 19.3 Å². The standard InChI is InChI=1S/C14H22N2O2/c1-13(2,3)18-12(17)16-10-14(11(16)9-15)7-5-4-6-8-14/h11H,4-8,10H2,1-3H3. The number of rotatable bonds is 0. The minimum atomic E-state index is -0.494. The molecule has 2 aliphatic rings. The van der Waals surface area contributed by atoms with E-state index in [1.807, 2.05) is 20.8 Å². The molecule has 0 N–H and O–H groups in total. The third-order valence-corrected chi connectivity index (χ3v) is 3.98. The van der Waals surface area contributed by atoms with E-state index in [4.69, 9.17) is 4.74 Å². The Morgan fingerprint density at radius 3 is 2.44 bits per heavy atom. The van der Waals surface area contributed by atoms with Gasteiger partial charge in [0.25, 0.3) is 0 Å². The molecule has 1 spiro atoms. The highest BCUT2D eigenvalue weighted by atomic mass is 16.6. The van der Waals surface area contributed by atoms with Gasteiger partial charge in [0, 0.05) is 12.0 Å². The van der Waals surface area contributed by atoms with Gasteiger partial charge < -0.3 is 4.74 Å². The Bertz CT molecular complexity index is 372. The van der Waals surface area contributed by atoms with Gasteiger partial charge in [-0.05, 0) is 33.6 Å². The van der Waals surface area contributed by atoms with Crippen molar-refractivity contribution in [2.45, 2.75) is 64.5 Å². The largest absolute Gasteiger partial charge is 0.444 e. The van der Waals surface area contributed by atoms with Crippen LogP contribution in [0.2, 0.25) is 0 Å². The molecule has 18 heavy (non-hydrogen) atoms. The molecule has 1 atom stereocenters. The molecule has 0 bridgehead atoms. The summed E-state index contributed by atoms with van der Waals surface area (Å²) in [7, 11) is 0. The second kappa shape index (κ2) is 4.46. The molecule has 0 aromatic rings. The highest BCUT2D eigenvalue weighted by Crippen LogP contribution is 2.49. The molecule has 2 fully saturated rings. The molecule has 100 valence electrons. The lowest BCUT2D eigenvalue weighted by Gasteiger charge is -2.55. The van der Waals surface area contributed by atoms with E-state index in [1.165, 1.54) is 19.3 Å². The molecule has 2 rings (SSSR count). The summed E-state index contributed by atoms with van der Waals surface area (Å²) in [6, 6.07) is 2.02. The number of likely N-dealkylation sites (tertiary alicyclic amines) is 1. The number of nitrogens with zero attached hydrogens (tertiary/aromatic N) is 2. The Morgan fingerprint density at radius 2 is 1.94 bits per heavy atom. The summed E-state index contributed by atoms with van der Waals surface area (Å²) < 4.78 is 5.34. The first-order valence-electron chi connectivity index (χ1n) is 6.77. The van der Waals surface area contributed by atoms with Crippen molar-refractivity contribution in [3.05, 3.63) is 0 Å². The summed E-state index contributed by atoms with van der Waals surface area (Å²) in [5, 5.41) is 9.32. The molecule has 4 heteroatoms. The van der Waals surface area contributed by atoms with Crippen molar-refractivity contribution in [3.63, 3.8) is 0 Å². The first kappa shape index (κ1) is 13.2. The third kappa shape index (κ3) is 2.31. The zero-order valence-electron chi connectivity index (χ0n) is 11.5. The Hall–Kier alpha value is -1.24. The van der Waals surface area contributed by atoms with E-state index >= 15 is 0 Å². The maximum Gasteiger partial charge on any atom is 0.411 e. The molecule has 4 nitrogen and oxygen atoms in total. The van der Waals surface area contributed by atoms with Gasteiger partial charge >= 0.3 is 6.09 Å². The number of amides is 1. The zero-order valence-corrected chi connectivity index (χ0v) is 11.5. The molecule has 1 amide bonds. The molecular weight excluding hydrogens is 228 g/mol. The Balaban J connectivity index is 2.01. The van der Waals surface area contributed by atoms with E-state index in [0.29, 0.717) is 6.54 Å². The van der Waals surface area contributed by atoms with E-state index in [9.17, 15) is 10.1 Å². The molecular formula is C14H22N2O2. The van der Waals surface area contributed by atoms with Crippen LogP contribution >= 0.6 is 0 Å². The minimum Gasteiger partial charge on any atom is -0.444 e. The van der Waals surface area contributed by atoms with Crippen LogP contribution in [0.1, 0.15) is 52.9 Å². The fourth-order valence-electron chi connectivity index (χ4n) is 3.12. The van der Waals surface area contributed by atoms with Crippen molar-refractivity contribution in [1.29, 1.82) is 5.26 Å². The number of carbonyl (C=O) groups excluding carboxylic acids is 1. The van der Waals surface area contributed by atoms with Crippen molar-refractivity contribution in [3.8, 4) is 6.07 Å². The summed E-state index contributed by atoms with van der Waals surface area (Å²) in [6.07, 6.45) is 5.42. The van der Waals surface area contributed by atoms with Gasteiger partial charge in [-0.2, -0.15) is 5.26 Å². The predicted molar refractivity (Wildman–Crippen MR) is 67.9 cm³/mol. The topological polar surface area (TPSA) is 53.3 Å². The van der Waals surface area contributed by atoms with Crippen LogP contribution in [0.3, 0.4) is 0 Å². The molecule has 1 saturated carbocycles. The van der Waals surface area contributed by atoms with Gasteiger partial charge in [0.2, 0.25) is 0 Å². The second-order valence-corrected chi connectivity index (χ2v) is 6.56. The number of nitriles is 1. The predicted octanol–water partition coefficient (Wildman–Crippen LogP) is 3.08. The van der Waals surface area contributed by atoms with Crippen molar-refractivity contribution >= 4 is 6.09 Å². The fraction of sp³-hybridized carbons (Fsp3) is 0.857. The summed E-state index contributed by atoms with van der Waals surface area (Å²) in [4.78, 5) is 13.6. The molecule has 1 saturated heterocycles. The average Bonchev–Trinajstić information content (AvgIpc) is 2.25. The van der Waals surface area contributed by atoms with Crippen LogP contribution in [0.15, 0.2) is 0 Å². The van der Waals surface area contributed by atoms with Crippen LogP contribution in [0.5, 0.6) is 0 Å². The van der Waals surface area contributed by atoms with E-state index in [2.05, 4.69) is 6.07 Å². The first-order chi connectivity index (χ1) is 8.38. The summed E-state index contributed by atoms with van der Waals surface area (Å²) in [5.74, 6) is 0. The SMILES string of the molecule is CC(C)(C)OC(=O)N1CC2(CCCCC2)C1C#N. The summed E-state index contributed by atoms with van der Waals surface area (Å²) >= 11 is 0. The van der Waals surface area contributed by atoms with Crippen molar-refractivity contribution < 1.29 is 9.53 Å². The Labute approximate surface area is 109 Å². The van der Waals surface area contributed by atoms with Crippen LogP contribution < -0.4 is 0 Å². The molecule has 1 unspecified atom stereocenters. The molecule has 0 aromatic carbocycles. The highest BCUT2D eigenvalue weighted by Gasteiger charge is 2.55. The van der Waals surface area contributed by atoms with Crippen LogP contribution in [0, 0.1) is 16.7 Å². The maximum atomic E-state index is 12.0. The van der Waals surface area contributed by atoms with Crippen molar-refractivity contribution in [2.24, 2.45) is 5.41 Å². The van der Waals surface area contributed by atoms with Crippen LogP contribution in [0.4, 0.5) is 4.79 Å². The normalized spacial score (nSPS) is 26.3. The quantitative estimate of drug-likeness (QED) is 0.664. The van der Waals surface area contributed by atoms with Crippen LogP contribution in [-0.4, -0.2) is 29.2 Å². The number of hydrogen-bond acceptors (Lipinski definition) is 3. The number of ether oxygens (including phenoxy) is 1. The maximum absolute atomic E-state index is 12.0. The summed E-state index contributed by atoms with van der Waals surface area (Å²) in [5.41, 5.74) is -0.434. The lowest BCUT2D eigenvalue weighted by atomic mass is 9.63. The Morgan fingerprint density at radius 1 is 1.33 bits per heavy atom. The van der Waals surface area contributed by atoms with Gasteiger partial charge in [0.1, 0.15) is 11.6 Å². The first-order valence-corrected chi connectivity index (χ1v) is 6.77. The van der Waals surface area contributed by atoms with E-state index < -0.39 is 5.60 Å². The zero-order chi connectivity index (χ0) is 13.4. The van der Waals surface area contributed by atoms with Gasteiger partial charge in [-0.25, -0.2) is 4.79 Å². The highest BCUT2D eigenvalue weighted by molar-refractivity contribution is 5.71. The fourth-order valence-corrected chi connectivity index (χ4v) is 3.12. The monoisotopic (exact) mass is 250 g/mol. The Kier molecular flexibility index (Phi) is 3.27. The van der Waals surface area contributed by atoms with Crippen molar-refractivity contribution in [1.82, 2.24) is 4.90 Å². The van der Waals surface area contributed by atoms with Gasteiger partial charge in [-0.3, -0.25) is 4.90 Å². The van der Waals surface area contributed by atoms with E-state index in [-0.39, 0.29) is 17.6 Å². The molecule has 1 heterocycles. The number of carbonyl (C=O) groups is 1. The van der Waals surface area contributed by atoms with Crippen LogP contribution in [-0.2, 0) is 4.74 Å². The van der Waals surface area contributed by atoms with Gasteiger partial charge in [-0.15, -0.1) is 0 Å². The molecule has 1 aliphatic carbocycles. The van der Waals surface area contributed by atoms with Crippen molar-refractivity contribution in [2.75, 3.05) is 6.54 Å².